The third kappa shape index (κ3) is 1.76. The standard InChI is InChI=1S/C11H18N4S/c12-9-4-1-5-15-10(13-14-11(9)15)8-3-2-6-16-7-8/h8-9H,1-7,12H2. The molecule has 0 spiro atoms. The molecule has 4 nitrogen and oxygen atoms in total. The minimum Gasteiger partial charge on any atom is -0.321 e. The summed E-state index contributed by atoms with van der Waals surface area (Å²) in [4.78, 5) is 0. The molecule has 1 fully saturated rings. The minimum atomic E-state index is 0.103. The Bertz CT molecular complexity index is 370. The SMILES string of the molecule is NC1CCCn2c1nnc2C1CCCSC1. The van der Waals surface area contributed by atoms with Crippen molar-refractivity contribution in [2.24, 2.45) is 5.73 Å². The van der Waals surface area contributed by atoms with E-state index in [1.807, 2.05) is 11.8 Å². The normalized spacial score (nSPS) is 30.1. The van der Waals surface area contributed by atoms with Crippen molar-refractivity contribution in [3.8, 4) is 0 Å². The predicted octanol–water partition coefficient (Wildman–Crippen LogP) is 1.68. The molecule has 2 unspecified atom stereocenters. The summed E-state index contributed by atoms with van der Waals surface area (Å²) in [6.45, 7) is 1.06. The Labute approximate surface area is 100.0 Å². The first-order chi connectivity index (χ1) is 7.86. The molecule has 88 valence electrons. The van der Waals surface area contributed by atoms with Gasteiger partial charge >= 0.3 is 0 Å². The van der Waals surface area contributed by atoms with E-state index < -0.39 is 0 Å². The van der Waals surface area contributed by atoms with Crippen molar-refractivity contribution < 1.29 is 0 Å². The van der Waals surface area contributed by atoms with Crippen LogP contribution in [0.4, 0.5) is 0 Å². The fraction of sp³-hybridized carbons (Fsp3) is 0.818. The third-order valence-corrected chi connectivity index (χ3v) is 4.78. The summed E-state index contributed by atoms with van der Waals surface area (Å²) in [6, 6.07) is 0.103. The number of fused-ring (bicyclic) bond motifs is 1. The van der Waals surface area contributed by atoms with Crippen LogP contribution in [0.2, 0.25) is 0 Å². The van der Waals surface area contributed by atoms with E-state index >= 15 is 0 Å². The maximum absolute atomic E-state index is 6.06. The van der Waals surface area contributed by atoms with Gasteiger partial charge in [0.1, 0.15) is 11.6 Å². The van der Waals surface area contributed by atoms with Crippen molar-refractivity contribution in [3.05, 3.63) is 11.6 Å². The van der Waals surface area contributed by atoms with Gasteiger partial charge in [0.05, 0.1) is 6.04 Å². The topological polar surface area (TPSA) is 56.7 Å². The number of hydrogen-bond donors (Lipinski definition) is 1. The summed E-state index contributed by atoms with van der Waals surface area (Å²) in [5, 5.41) is 8.68. The highest BCUT2D eigenvalue weighted by atomic mass is 32.2. The van der Waals surface area contributed by atoms with Gasteiger partial charge in [-0.1, -0.05) is 0 Å². The molecule has 0 amide bonds. The van der Waals surface area contributed by atoms with Gasteiger partial charge in [-0.05, 0) is 31.4 Å². The zero-order chi connectivity index (χ0) is 11.0. The highest BCUT2D eigenvalue weighted by Crippen LogP contribution is 2.32. The second-order valence-electron chi connectivity index (χ2n) is 4.73. The van der Waals surface area contributed by atoms with Crippen LogP contribution in [0.5, 0.6) is 0 Å². The molecule has 5 heteroatoms. The Morgan fingerprint density at radius 2 is 2.06 bits per heavy atom. The smallest absolute Gasteiger partial charge is 0.149 e. The van der Waals surface area contributed by atoms with Gasteiger partial charge in [0.15, 0.2) is 0 Å². The van der Waals surface area contributed by atoms with E-state index in [0.717, 1.165) is 18.8 Å². The highest BCUT2D eigenvalue weighted by molar-refractivity contribution is 7.99. The van der Waals surface area contributed by atoms with Crippen molar-refractivity contribution in [2.75, 3.05) is 11.5 Å². The lowest BCUT2D eigenvalue weighted by molar-refractivity contribution is 0.433. The van der Waals surface area contributed by atoms with Crippen molar-refractivity contribution in [3.63, 3.8) is 0 Å². The molecule has 3 rings (SSSR count). The predicted molar refractivity (Wildman–Crippen MR) is 65.5 cm³/mol. The van der Waals surface area contributed by atoms with Gasteiger partial charge in [-0.3, -0.25) is 0 Å². The zero-order valence-corrected chi connectivity index (χ0v) is 10.2. The van der Waals surface area contributed by atoms with Crippen LogP contribution in [0.1, 0.15) is 49.3 Å². The van der Waals surface area contributed by atoms with E-state index in [-0.39, 0.29) is 6.04 Å². The average molecular weight is 238 g/mol. The number of nitrogens with two attached hydrogens (primary N) is 1. The fourth-order valence-corrected chi connectivity index (χ4v) is 3.81. The lowest BCUT2D eigenvalue weighted by Crippen LogP contribution is -2.24. The highest BCUT2D eigenvalue weighted by Gasteiger charge is 2.27. The van der Waals surface area contributed by atoms with Crippen LogP contribution in [0.15, 0.2) is 0 Å². The van der Waals surface area contributed by atoms with Crippen LogP contribution in [0.3, 0.4) is 0 Å². The molecule has 0 saturated carbocycles. The van der Waals surface area contributed by atoms with E-state index in [2.05, 4.69) is 14.8 Å². The van der Waals surface area contributed by atoms with E-state index in [1.165, 1.54) is 36.6 Å². The van der Waals surface area contributed by atoms with Crippen LogP contribution < -0.4 is 5.73 Å². The number of thioether (sulfide) groups is 1. The van der Waals surface area contributed by atoms with Gasteiger partial charge in [-0.15, -0.1) is 10.2 Å². The molecule has 1 saturated heterocycles. The maximum Gasteiger partial charge on any atom is 0.149 e. The molecule has 3 heterocycles. The van der Waals surface area contributed by atoms with Gasteiger partial charge < -0.3 is 10.3 Å². The quantitative estimate of drug-likeness (QED) is 0.809. The van der Waals surface area contributed by atoms with E-state index in [4.69, 9.17) is 5.73 Å². The average Bonchev–Trinajstić information content (AvgIpc) is 2.75. The number of nitrogens with zero attached hydrogens (tertiary/aromatic N) is 3. The Hall–Kier alpha value is -0.550. The van der Waals surface area contributed by atoms with Gasteiger partial charge in [0, 0.05) is 18.2 Å². The molecular formula is C11H18N4S. The van der Waals surface area contributed by atoms with Crippen molar-refractivity contribution in [1.29, 1.82) is 0 Å². The Morgan fingerprint density at radius 1 is 1.19 bits per heavy atom. The molecule has 0 aliphatic carbocycles. The molecule has 0 radical (unpaired) electrons. The fourth-order valence-electron chi connectivity index (χ4n) is 2.68. The number of hydrogen-bond acceptors (Lipinski definition) is 4. The Morgan fingerprint density at radius 3 is 2.88 bits per heavy atom. The van der Waals surface area contributed by atoms with Crippen LogP contribution in [-0.4, -0.2) is 26.3 Å². The first kappa shape index (κ1) is 10.6. The molecule has 2 aliphatic rings. The van der Waals surface area contributed by atoms with Crippen LogP contribution in [0.25, 0.3) is 0 Å². The summed E-state index contributed by atoms with van der Waals surface area (Å²) in [7, 11) is 0. The van der Waals surface area contributed by atoms with Crippen molar-refractivity contribution >= 4 is 11.8 Å². The van der Waals surface area contributed by atoms with Crippen LogP contribution in [-0.2, 0) is 6.54 Å². The molecule has 2 N–H and O–H groups in total. The summed E-state index contributed by atoms with van der Waals surface area (Å²) in [5.41, 5.74) is 6.06. The van der Waals surface area contributed by atoms with E-state index in [9.17, 15) is 0 Å². The van der Waals surface area contributed by atoms with Crippen LogP contribution >= 0.6 is 11.8 Å². The second-order valence-corrected chi connectivity index (χ2v) is 5.88. The zero-order valence-electron chi connectivity index (χ0n) is 9.43. The minimum absolute atomic E-state index is 0.103. The third-order valence-electron chi connectivity index (χ3n) is 3.56. The largest absolute Gasteiger partial charge is 0.321 e. The lowest BCUT2D eigenvalue weighted by Gasteiger charge is -2.25. The molecule has 2 aliphatic heterocycles. The second kappa shape index (κ2) is 4.37. The van der Waals surface area contributed by atoms with Crippen molar-refractivity contribution in [1.82, 2.24) is 14.8 Å². The van der Waals surface area contributed by atoms with E-state index in [0.29, 0.717) is 5.92 Å². The van der Waals surface area contributed by atoms with Gasteiger partial charge in [-0.2, -0.15) is 11.8 Å². The molecule has 16 heavy (non-hydrogen) atoms. The summed E-state index contributed by atoms with van der Waals surface area (Å²) in [6.07, 6.45) is 4.79. The Kier molecular flexibility index (Phi) is 2.90. The molecular weight excluding hydrogens is 220 g/mol. The summed E-state index contributed by atoms with van der Waals surface area (Å²) in [5.74, 6) is 5.31. The first-order valence-corrected chi connectivity index (χ1v) is 7.28. The monoisotopic (exact) mass is 238 g/mol. The molecule has 0 bridgehead atoms. The molecule has 2 atom stereocenters. The van der Waals surface area contributed by atoms with Gasteiger partial charge in [0.2, 0.25) is 0 Å². The number of aromatic nitrogens is 3. The van der Waals surface area contributed by atoms with Gasteiger partial charge in [0.25, 0.3) is 0 Å². The molecule has 1 aromatic heterocycles. The maximum atomic E-state index is 6.06. The number of rotatable bonds is 1. The first-order valence-electron chi connectivity index (χ1n) is 6.12. The molecule has 1 aromatic rings. The molecule has 0 aromatic carbocycles. The van der Waals surface area contributed by atoms with E-state index in [1.54, 1.807) is 0 Å². The lowest BCUT2D eigenvalue weighted by atomic mass is 10.0. The van der Waals surface area contributed by atoms with Crippen molar-refractivity contribution in [2.45, 2.75) is 44.2 Å². The summed E-state index contributed by atoms with van der Waals surface area (Å²) >= 11 is 2.04. The van der Waals surface area contributed by atoms with Crippen LogP contribution in [0, 0.1) is 0 Å². The van der Waals surface area contributed by atoms with Gasteiger partial charge in [-0.25, -0.2) is 0 Å². The summed E-state index contributed by atoms with van der Waals surface area (Å²) < 4.78 is 2.28. The Balaban J connectivity index is 1.89.